The van der Waals surface area contributed by atoms with Gasteiger partial charge in [-0.2, -0.15) is 0 Å². The molecule has 94 valence electrons. The van der Waals surface area contributed by atoms with Crippen LogP contribution < -0.4 is 5.32 Å². The first-order valence-corrected chi connectivity index (χ1v) is 6.66. The van der Waals surface area contributed by atoms with Crippen molar-refractivity contribution < 1.29 is 9.90 Å². The molecule has 0 radical (unpaired) electrons. The van der Waals surface area contributed by atoms with Gasteiger partial charge in [-0.1, -0.05) is 17.7 Å². The number of halogens is 1. The maximum absolute atomic E-state index is 12.0. The molecule has 0 spiro atoms. The fourth-order valence-corrected chi connectivity index (χ4v) is 2.48. The molecular weight excluding hydrogens is 270 g/mol. The highest BCUT2D eigenvalue weighted by molar-refractivity contribution is 7.10. The van der Waals surface area contributed by atoms with Crippen LogP contribution in [0.3, 0.4) is 0 Å². The van der Waals surface area contributed by atoms with Gasteiger partial charge < -0.3 is 10.4 Å². The average molecular weight is 282 g/mol. The van der Waals surface area contributed by atoms with E-state index in [1.807, 2.05) is 24.4 Å². The van der Waals surface area contributed by atoms with Crippen molar-refractivity contribution in [3.63, 3.8) is 0 Å². The number of thiophene rings is 1. The molecule has 1 aromatic carbocycles. The Kier molecular flexibility index (Phi) is 3.89. The van der Waals surface area contributed by atoms with Gasteiger partial charge in [-0.15, -0.1) is 11.3 Å². The number of phenolic OH excluding ortho intramolecular Hbond substituents is 1. The minimum atomic E-state index is -0.337. The average Bonchev–Trinajstić information content (AvgIpc) is 2.85. The Labute approximate surface area is 114 Å². The number of hydrogen-bond acceptors (Lipinski definition) is 3. The Bertz CT molecular complexity index is 554. The molecule has 1 heterocycles. The first-order chi connectivity index (χ1) is 8.58. The maximum Gasteiger partial charge on any atom is 0.255 e. The van der Waals surface area contributed by atoms with Crippen LogP contribution in [0.2, 0.25) is 5.02 Å². The molecule has 2 aromatic rings. The summed E-state index contributed by atoms with van der Waals surface area (Å²) in [6.07, 6.45) is 0. The molecule has 5 heteroatoms. The van der Waals surface area contributed by atoms with Crippen molar-refractivity contribution in [2.45, 2.75) is 13.0 Å². The number of nitrogens with one attached hydrogen (secondary N) is 1. The van der Waals surface area contributed by atoms with Gasteiger partial charge >= 0.3 is 0 Å². The van der Waals surface area contributed by atoms with E-state index in [2.05, 4.69) is 5.32 Å². The summed E-state index contributed by atoms with van der Waals surface area (Å²) >= 11 is 7.38. The lowest BCUT2D eigenvalue weighted by Crippen LogP contribution is -2.26. The number of benzene rings is 1. The largest absolute Gasteiger partial charge is 0.507 e. The topological polar surface area (TPSA) is 49.3 Å². The van der Waals surface area contributed by atoms with E-state index in [1.165, 1.54) is 18.2 Å². The summed E-state index contributed by atoms with van der Waals surface area (Å²) in [6.45, 7) is 1.89. The number of hydrogen-bond donors (Lipinski definition) is 2. The van der Waals surface area contributed by atoms with E-state index in [0.717, 1.165) is 4.88 Å². The second-order valence-electron chi connectivity index (χ2n) is 3.87. The van der Waals surface area contributed by atoms with Gasteiger partial charge in [0.15, 0.2) is 0 Å². The zero-order chi connectivity index (χ0) is 13.1. The van der Waals surface area contributed by atoms with Gasteiger partial charge in [-0.3, -0.25) is 4.79 Å². The predicted octanol–water partition coefficient (Wildman–Crippen LogP) is 3.60. The summed E-state index contributed by atoms with van der Waals surface area (Å²) in [5.41, 5.74) is 0.186. The van der Waals surface area contributed by atoms with Gasteiger partial charge in [-0.25, -0.2) is 0 Å². The van der Waals surface area contributed by atoms with Gasteiger partial charge in [0.2, 0.25) is 0 Å². The van der Waals surface area contributed by atoms with Crippen LogP contribution in [0.5, 0.6) is 5.75 Å². The second kappa shape index (κ2) is 5.42. The van der Waals surface area contributed by atoms with Crippen LogP contribution in [0.15, 0.2) is 35.7 Å². The molecular formula is C13H12ClNO2S. The van der Waals surface area contributed by atoms with E-state index in [-0.39, 0.29) is 23.3 Å². The molecule has 0 saturated heterocycles. The first-order valence-electron chi connectivity index (χ1n) is 5.40. The van der Waals surface area contributed by atoms with Crippen LogP contribution in [0, 0.1) is 0 Å². The molecule has 1 atom stereocenters. The molecule has 2 N–H and O–H groups in total. The molecule has 0 aliphatic rings. The number of carbonyl (C=O) groups excluding carboxylic acids is 1. The Morgan fingerprint density at radius 1 is 1.44 bits per heavy atom. The number of rotatable bonds is 3. The fourth-order valence-electron chi connectivity index (χ4n) is 1.57. The minimum absolute atomic E-state index is 0.0738. The third-order valence-corrected chi connectivity index (χ3v) is 3.81. The van der Waals surface area contributed by atoms with Crippen molar-refractivity contribution in [1.82, 2.24) is 5.32 Å². The van der Waals surface area contributed by atoms with Gasteiger partial charge in [-0.05, 0) is 36.6 Å². The fraction of sp³-hybridized carbons (Fsp3) is 0.154. The Balaban J connectivity index is 2.15. The van der Waals surface area contributed by atoms with E-state index in [4.69, 9.17) is 11.6 Å². The van der Waals surface area contributed by atoms with Crippen molar-refractivity contribution in [1.29, 1.82) is 0 Å². The minimum Gasteiger partial charge on any atom is -0.507 e. The molecule has 0 aliphatic carbocycles. The van der Waals surface area contributed by atoms with E-state index in [0.29, 0.717) is 5.02 Å². The lowest BCUT2D eigenvalue weighted by molar-refractivity contribution is 0.0938. The van der Waals surface area contributed by atoms with Gasteiger partial charge in [0, 0.05) is 9.90 Å². The highest BCUT2D eigenvalue weighted by atomic mass is 35.5. The SMILES string of the molecule is CC(NC(=O)c1cc(Cl)ccc1O)c1cccs1. The Morgan fingerprint density at radius 2 is 2.22 bits per heavy atom. The number of phenols is 1. The summed E-state index contributed by atoms with van der Waals surface area (Å²) in [5.74, 6) is -0.411. The zero-order valence-electron chi connectivity index (χ0n) is 9.68. The molecule has 3 nitrogen and oxygen atoms in total. The lowest BCUT2D eigenvalue weighted by Gasteiger charge is -2.13. The molecule has 2 rings (SSSR count). The zero-order valence-corrected chi connectivity index (χ0v) is 11.3. The molecule has 0 fully saturated rings. The van der Waals surface area contributed by atoms with Crippen LogP contribution in [-0.2, 0) is 0 Å². The summed E-state index contributed by atoms with van der Waals surface area (Å²) in [6, 6.07) is 8.18. The quantitative estimate of drug-likeness (QED) is 0.903. The summed E-state index contributed by atoms with van der Waals surface area (Å²) in [7, 11) is 0. The summed E-state index contributed by atoms with van der Waals surface area (Å²) in [4.78, 5) is 13.1. The number of amides is 1. The third-order valence-electron chi connectivity index (χ3n) is 2.52. The van der Waals surface area contributed by atoms with E-state index >= 15 is 0 Å². The number of aromatic hydroxyl groups is 1. The molecule has 1 unspecified atom stereocenters. The maximum atomic E-state index is 12.0. The predicted molar refractivity (Wildman–Crippen MR) is 73.3 cm³/mol. The van der Waals surface area contributed by atoms with E-state index in [9.17, 15) is 9.90 Å². The van der Waals surface area contributed by atoms with Crippen LogP contribution in [-0.4, -0.2) is 11.0 Å². The third kappa shape index (κ3) is 2.83. The molecule has 0 aliphatic heterocycles. The molecule has 1 aromatic heterocycles. The van der Waals surface area contributed by atoms with Crippen molar-refractivity contribution in [2.75, 3.05) is 0 Å². The van der Waals surface area contributed by atoms with Crippen molar-refractivity contribution in [3.8, 4) is 5.75 Å². The van der Waals surface area contributed by atoms with Crippen LogP contribution in [0.1, 0.15) is 28.2 Å². The van der Waals surface area contributed by atoms with Gasteiger partial charge in [0.25, 0.3) is 5.91 Å². The molecule has 0 bridgehead atoms. The van der Waals surface area contributed by atoms with Crippen LogP contribution in [0.4, 0.5) is 0 Å². The van der Waals surface area contributed by atoms with E-state index in [1.54, 1.807) is 11.3 Å². The molecule has 0 saturated carbocycles. The van der Waals surface area contributed by atoms with Crippen molar-refractivity contribution >= 4 is 28.8 Å². The first kappa shape index (κ1) is 12.9. The van der Waals surface area contributed by atoms with Crippen molar-refractivity contribution in [3.05, 3.63) is 51.2 Å². The van der Waals surface area contributed by atoms with Gasteiger partial charge in [0.05, 0.1) is 11.6 Å². The van der Waals surface area contributed by atoms with Crippen LogP contribution >= 0.6 is 22.9 Å². The second-order valence-corrected chi connectivity index (χ2v) is 5.29. The highest BCUT2D eigenvalue weighted by Crippen LogP contribution is 2.23. The normalized spacial score (nSPS) is 12.1. The van der Waals surface area contributed by atoms with E-state index < -0.39 is 0 Å². The lowest BCUT2D eigenvalue weighted by atomic mass is 10.1. The Hall–Kier alpha value is -1.52. The summed E-state index contributed by atoms with van der Waals surface area (Å²) in [5, 5.41) is 14.8. The smallest absolute Gasteiger partial charge is 0.255 e. The molecule has 18 heavy (non-hydrogen) atoms. The van der Waals surface area contributed by atoms with Crippen molar-refractivity contribution in [2.24, 2.45) is 0 Å². The number of carbonyl (C=O) groups is 1. The molecule has 1 amide bonds. The standard InChI is InChI=1S/C13H12ClNO2S/c1-8(12-3-2-6-18-12)15-13(17)10-7-9(14)4-5-11(10)16/h2-8,16H,1H3,(H,15,17). The summed E-state index contributed by atoms with van der Waals surface area (Å²) < 4.78 is 0. The van der Waals surface area contributed by atoms with Gasteiger partial charge in [0.1, 0.15) is 5.75 Å². The monoisotopic (exact) mass is 281 g/mol. The van der Waals surface area contributed by atoms with Crippen LogP contribution in [0.25, 0.3) is 0 Å². The Morgan fingerprint density at radius 3 is 2.89 bits per heavy atom. The highest BCUT2D eigenvalue weighted by Gasteiger charge is 2.15.